The zero-order chi connectivity index (χ0) is 20.1. The number of amides is 4. The monoisotopic (exact) mass is 400 g/mol. The number of benzene rings is 2. The van der Waals surface area contributed by atoms with Gasteiger partial charge in [-0.05, 0) is 49.5 Å². The smallest absolute Gasteiger partial charge is 0.326 e. The van der Waals surface area contributed by atoms with Crippen LogP contribution >= 0.6 is 11.6 Å². The molecule has 4 amide bonds. The van der Waals surface area contributed by atoms with Crippen LogP contribution in [-0.4, -0.2) is 60.9 Å². The highest BCUT2D eigenvalue weighted by molar-refractivity contribution is 6.30. The molecule has 7 nitrogen and oxygen atoms in total. The van der Waals surface area contributed by atoms with Gasteiger partial charge in [-0.2, -0.15) is 0 Å². The molecule has 146 valence electrons. The molecule has 3 rings (SSSR count). The molecule has 0 aliphatic carbocycles. The highest BCUT2D eigenvalue weighted by atomic mass is 35.5. The average Bonchev–Trinajstić information content (AvgIpc) is 2.68. The molecule has 1 saturated heterocycles. The molecule has 0 saturated carbocycles. The minimum Gasteiger partial charge on any atom is -0.336 e. The summed E-state index contributed by atoms with van der Waals surface area (Å²) in [5.41, 5.74) is 1.24. The molecule has 2 aromatic rings. The van der Waals surface area contributed by atoms with Gasteiger partial charge in [0.25, 0.3) is 11.8 Å². The van der Waals surface area contributed by atoms with E-state index in [4.69, 9.17) is 11.6 Å². The largest absolute Gasteiger partial charge is 0.336 e. The predicted molar refractivity (Wildman–Crippen MR) is 108 cm³/mol. The summed E-state index contributed by atoms with van der Waals surface area (Å²) in [6, 6.07) is 12.2. The van der Waals surface area contributed by atoms with Crippen molar-refractivity contribution in [3.8, 4) is 0 Å². The molecular weight excluding hydrogens is 380 g/mol. The Morgan fingerprint density at radius 3 is 2.29 bits per heavy atom. The van der Waals surface area contributed by atoms with Gasteiger partial charge in [0, 0.05) is 48.0 Å². The number of imide groups is 1. The summed E-state index contributed by atoms with van der Waals surface area (Å²) in [6.07, 6.45) is 0. The normalized spacial score (nSPS) is 14.4. The van der Waals surface area contributed by atoms with Crippen molar-refractivity contribution < 1.29 is 14.4 Å². The number of nitrogens with one attached hydrogen (secondary N) is 2. The Bertz CT molecular complexity index is 877. The van der Waals surface area contributed by atoms with Crippen LogP contribution in [-0.2, 0) is 0 Å². The second-order valence-electron chi connectivity index (χ2n) is 6.59. The Hall–Kier alpha value is -2.90. The van der Waals surface area contributed by atoms with Crippen LogP contribution in [0.5, 0.6) is 0 Å². The van der Waals surface area contributed by atoms with Gasteiger partial charge < -0.3 is 15.1 Å². The van der Waals surface area contributed by atoms with Gasteiger partial charge in [0.05, 0.1) is 0 Å². The second-order valence-corrected chi connectivity index (χ2v) is 7.03. The number of carbonyl (C=O) groups is 3. The van der Waals surface area contributed by atoms with Crippen molar-refractivity contribution in [3.63, 3.8) is 0 Å². The predicted octanol–water partition coefficient (Wildman–Crippen LogP) is 2.69. The fourth-order valence-corrected chi connectivity index (χ4v) is 2.99. The Kier molecular flexibility index (Phi) is 6.28. The van der Waals surface area contributed by atoms with E-state index in [0.29, 0.717) is 34.9 Å². The van der Waals surface area contributed by atoms with Crippen molar-refractivity contribution in [2.24, 2.45) is 0 Å². The van der Waals surface area contributed by atoms with E-state index in [1.54, 1.807) is 41.3 Å². The van der Waals surface area contributed by atoms with Gasteiger partial charge in [-0.3, -0.25) is 14.9 Å². The lowest BCUT2D eigenvalue weighted by atomic mass is 10.1. The van der Waals surface area contributed by atoms with Crippen molar-refractivity contribution in [2.45, 2.75) is 0 Å². The minimum absolute atomic E-state index is 0.0746. The van der Waals surface area contributed by atoms with E-state index in [0.717, 1.165) is 13.1 Å². The quantitative estimate of drug-likeness (QED) is 0.830. The maximum atomic E-state index is 12.6. The number of urea groups is 1. The fourth-order valence-electron chi connectivity index (χ4n) is 2.86. The van der Waals surface area contributed by atoms with E-state index in [-0.39, 0.29) is 5.91 Å². The molecule has 0 atom stereocenters. The first-order valence-electron chi connectivity index (χ1n) is 8.88. The molecule has 1 aliphatic rings. The number of piperazine rings is 1. The molecule has 8 heteroatoms. The molecule has 1 aliphatic heterocycles. The fraction of sp³-hybridized carbons (Fsp3) is 0.250. The average molecular weight is 401 g/mol. The third kappa shape index (κ3) is 5.09. The molecule has 28 heavy (non-hydrogen) atoms. The Labute approximate surface area is 168 Å². The van der Waals surface area contributed by atoms with Gasteiger partial charge in [-0.25, -0.2) is 4.79 Å². The van der Waals surface area contributed by atoms with Gasteiger partial charge in [0.15, 0.2) is 0 Å². The lowest BCUT2D eigenvalue weighted by Crippen LogP contribution is -2.47. The van der Waals surface area contributed by atoms with E-state index >= 15 is 0 Å². The van der Waals surface area contributed by atoms with Crippen molar-refractivity contribution >= 4 is 35.1 Å². The highest BCUT2D eigenvalue weighted by Gasteiger charge is 2.20. The number of likely N-dealkylation sites (N-methyl/N-ethyl adjacent to an activating group) is 1. The number of carbonyl (C=O) groups excluding carboxylic acids is 3. The van der Waals surface area contributed by atoms with Gasteiger partial charge in [0.1, 0.15) is 0 Å². The minimum atomic E-state index is -0.677. The summed E-state index contributed by atoms with van der Waals surface area (Å²) in [6.45, 7) is 3.00. The van der Waals surface area contributed by atoms with E-state index in [1.165, 1.54) is 12.1 Å². The number of hydrogen-bond acceptors (Lipinski definition) is 4. The zero-order valence-electron chi connectivity index (χ0n) is 15.4. The van der Waals surface area contributed by atoms with Crippen LogP contribution in [0.15, 0.2) is 48.5 Å². The van der Waals surface area contributed by atoms with Gasteiger partial charge in [-0.1, -0.05) is 17.7 Å². The zero-order valence-corrected chi connectivity index (χ0v) is 16.2. The standard InChI is InChI=1S/C20H21ClN4O3/c1-24-9-11-25(12-10-24)19(27)15-3-2-4-17(13-15)22-20(28)23-18(26)14-5-7-16(21)8-6-14/h2-8,13H,9-12H2,1H3,(H2,22,23,26,28). The van der Waals surface area contributed by atoms with Gasteiger partial charge in [0.2, 0.25) is 0 Å². The number of nitrogens with zero attached hydrogens (tertiary/aromatic N) is 2. The third-order valence-electron chi connectivity index (χ3n) is 4.49. The first kappa shape index (κ1) is 19.9. The van der Waals surface area contributed by atoms with Crippen LogP contribution in [0, 0.1) is 0 Å². The molecule has 2 N–H and O–H groups in total. The summed E-state index contributed by atoms with van der Waals surface area (Å²) in [7, 11) is 2.02. The van der Waals surface area contributed by atoms with Crippen LogP contribution in [0.25, 0.3) is 0 Å². The molecule has 0 unspecified atom stereocenters. The van der Waals surface area contributed by atoms with Crippen LogP contribution < -0.4 is 10.6 Å². The van der Waals surface area contributed by atoms with E-state index in [9.17, 15) is 14.4 Å². The van der Waals surface area contributed by atoms with E-state index in [1.807, 2.05) is 7.05 Å². The SMILES string of the molecule is CN1CCN(C(=O)c2cccc(NC(=O)NC(=O)c3ccc(Cl)cc3)c2)CC1. The van der Waals surface area contributed by atoms with Crippen LogP contribution in [0.3, 0.4) is 0 Å². The lowest BCUT2D eigenvalue weighted by molar-refractivity contribution is 0.0664. The second kappa shape index (κ2) is 8.86. The molecular formula is C20H21ClN4O3. The maximum absolute atomic E-state index is 12.6. The first-order valence-corrected chi connectivity index (χ1v) is 9.26. The highest BCUT2D eigenvalue weighted by Crippen LogP contribution is 2.14. The van der Waals surface area contributed by atoms with Crippen LogP contribution in [0.2, 0.25) is 5.02 Å². The van der Waals surface area contributed by atoms with Gasteiger partial charge in [-0.15, -0.1) is 0 Å². The van der Waals surface area contributed by atoms with Crippen molar-refractivity contribution in [3.05, 3.63) is 64.7 Å². The Balaban J connectivity index is 1.60. The lowest BCUT2D eigenvalue weighted by Gasteiger charge is -2.32. The molecule has 2 aromatic carbocycles. The van der Waals surface area contributed by atoms with E-state index in [2.05, 4.69) is 15.5 Å². The van der Waals surface area contributed by atoms with Crippen molar-refractivity contribution in [1.29, 1.82) is 0 Å². The summed E-state index contributed by atoms with van der Waals surface area (Å²) in [5.74, 6) is -0.617. The number of halogens is 1. The third-order valence-corrected chi connectivity index (χ3v) is 4.74. The topological polar surface area (TPSA) is 81.8 Å². The number of rotatable bonds is 3. The maximum Gasteiger partial charge on any atom is 0.326 e. The van der Waals surface area contributed by atoms with Crippen molar-refractivity contribution in [2.75, 3.05) is 38.5 Å². The molecule has 1 fully saturated rings. The summed E-state index contributed by atoms with van der Waals surface area (Å²) in [4.78, 5) is 40.8. The number of anilines is 1. The Morgan fingerprint density at radius 1 is 0.929 bits per heavy atom. The Morgan fingerprint density at radius 2 is 1.61 bits per heavy atom. The first-order chi connectivity index (χ1) is 13.4. The summed E-state index contributed by atoms with van der Waals surface area (Å²) < 4.78 is 0. The van der Waals surface area contributed by atoms with E-state index < -0.39 is 11.9 Å². The summed E-state index contributed by atoms with van der Waals surface area (Å²) >= 11 is 5.79. The van der Waals surface area contributed by atoms with Crippen molar-refractivity contribution in [1.82, 2.24) is 15.1 Å². The molecule has 0 bridgehead atoms. The molecule has 0 spiro atoms. The number of hydrogen-bond donors (Lipinski definition) is 2. The van der Waals surface area contributed by atoms with Crippen LogP contribution in [0.1, 0.15) is 20.7 Å². The molecule has 0 radical (unpaired) electrons. The van der Waals surface area contributed by atoms with Crippen LogP contribution in [0.4, 0.5) is 10.5 Å². The van der Waals surface area contributed by atoms with Gasteiger partial charge >= 0.3 is 6.03 Å². The summed E-state index contributed by atoms with van der Waals surface area (Å²) in [5, 5.41) is 5.33. The molecule has 1 heterocycles. The molecule has 0 aromatic heterocycles.